The van der Waals surface area contributed by atoms with Crippen LogP contribution < -0.4 is 0 Å². The number of ether oxygens (including phenoxy) is 1. The number of aliphatic hydroxyl groups is 1. The van der Waals surface area contributed by atoms with Crippen LogP contribution >= 0.6 is 0 Å². The molecule has 1 atom stereocenters. The quantitative estimate of drug-likeness (QED) is 0.564. The molecule has 10 heavy (non-hydrogen) atoms. The average Bonchev–Trinajstić information content (AvgIpc) is 1.94. The van der Waals surface area contributed by atoms with E-state index in [9.17, 15) is 8.78 Å². The van der Waals surface area contributed by atoms with E-state index in [4.69, 9.17) is 5.11 Å². The summed E-state index contributed by atoms with van der Waals surface area (Å²) in [5, 5.41) is 8.86. The van der Waals surface area contributed by atoms with Gasteiger partial charge in [-0.1, -0.05) is 0 Å². The first kappa shape index (κ1) is 7.88. The third-order valence-corrected chi connectivity index (χ3v) is 1.49. The molecule has 0 saturated carbocycles. The normalized spacial score (nSPS) is 33.3. The zero-order valence-corrected chi connectivity index (χ0v) is 5.52. The molecule has 2 nitrogen and oxygen atoms in total. The molecule has 1 aliphatic heterocycles. The van der Waals surface area contributed by atoms with Gasteiger partial charge >= 0.3 is 6.11 Å². The summed E-state index contributed by atoms with van der Waals surface area (Å²) in [4.78, 5) is 0. The minimum Gasteiger partial charge on any atom is -0.391 e. The standard InChI is InChI=1S/C6H10F2O2/c7-6(8)3-1-2-5(9)4-10-6/h5,9H,1-4H2. The number of hydrogen-bond donors (Lipinski definition) is 1. The van der Waals surface area contributed by atoms with Crippen molar-refractivity contribution in [2.45, 2.75) is 31.5 Å². The van der Waals surface area contributed by atoms with Crippen LogP contribution in [0.5, 0.6) is 0 Å². The van der Waals surface area contributed by atoms with Crippen LogP contribution in [-0.2, 0) is 4.74 Å². The lowest BCUT2D eigenvalue weighted by Gasteiger charge is -2.12. The van der Waals surface area contributed by atoms with E-state index in [-0.39, 0.29) is 13.0 Å². The first-order valence-electron chi connectivity index (χ1n) is 3.30. The van der Waals surface area contributed by atoms with Crippen molar-refractivity contribution < 1.29 is 18.6 Å². The van der Waals surface area contributed by atoms with Gasteiger partial charge < -0.3 is 9.84 Å². The molecule has 1 saturated heterocycles. The highest BCUT2D eigenvalue weighted by molar-refractivity contribution is 4.64. The zero-order chi connectivity index (χ0) is 7.61. The summed E-state index contributed by atoms with van der Waals surface area (Å²) in [5.41, 5.74) is 0. The lowest BCUT2D eigenvalue weighted by Crippen LogP contribution is -2.22. The Hall–Kier alpha value is -0.220. The number of hydrogen-bond acceptors (Lipinski definition) is 2. The summed E-state index contributed by atoms with van der Waals surface area (Å²) in [5.74, 6) is 0. The van der Waals surface area contributed by atoms with Crippen LogP contribution in [0, 0.1) is 0 Å². The van der Waals surface area contributed by atoms with Crippen molar-refractivity contribution in [2.24, 2.45) is 0 Å². The summed E-state index contributed by atoms with van der Waals surface area (Å²) >= 11 is 0. The van der Waals surface area contributed by atoms with Crippen LogP contribution in [0.25, 0.3) is 0 Å². The molecule has 1 fully saturated rings. The Labute approximate surface area is 57.8 Å². The Morgan fingerprint density at radius 1 is 1.50 bits per heavy atom. The van der Waals surface area contributed by atoms with Gasteiger partial charge in [-0.15, -0.1) is 0 Å². The molecule has 60 valence electrons. The van der Waals surface area contributed by atoms with Crippen LogP contribution in [0.2, 0.25) is 0 Å². The van der Waals surface area contributed by atoms with E-state index in [0.29, 0.717) is 12.8 Å². The number of aliphatic hydroxyl groups excluding tert-OH is 1. The molecule has 0 aromatic rings. The van der Waals surface area contributed by atoms with Crippen LogP contribution in [0.15, 0.2) is 0 Å². The minimum absolute atomic E-state index is 0.243. The van der Waals surface area contributed by atoms with E-state index in [2.05, 4.69) is 4.74 Å². The average molecular weight is 152 g/mol. The molecule has 1 N–H and O–H groups in total. The topological polar surface area (TPSA) is 29.5 Å². The highest BCUT2D eigenvalue weighted by Crippen LogP contribution is 2.26. The van der Waals surface area contributed by atoms with Crippen molar-refractivity contribution in [3.63, 3.8) is 0 Å². The maximum absolute atomic E-state index is 12.3. The van der Waals surface area contributed by atoms with Crippen LogP contribution in [0.3, 0.4) is 0 Å². The highest BCUT2D eigenvalue weighted by Gasteiger charge is 2.32. The van der Waals surface area contributed by atoms with E-state index >= 15 is 0 Å². The number of rotatable bonds is 0. The molecule has 0 amide bonds. The van der Waals surface area contributed by atoms with Gasteiger partial charge in [-0.2, -0.15) is 8.78 Å². The van der Waals surface area contributed by atoms with E-state index in [0.717, 1.165) is 0 Å². The van der Waals surface area contributed by atoms with Crippen molar-refractivity contribution in [1.29, 1.82) is 0 Å². The molecule has 0 radical (unpaired) electrons. The van der Waals surface area contributed by atoms with E-state index in [1.807, 2.05) is 0 Å². The van der Waals surface area contributed by atoms with Crippen LogP contribution in [0.4, 0.5) is 8.78 Å². The molecule has 4 heteroatoms. The molecule has 1 heterocycles. The Kier molecular flexibility index (Phi) is 2.21. The lowest BCUT2D eigenvalue weighted by atomic mass is 10.2. The van der Waals surface area contributed by atoms with Gasteiger partial charge in [0, 0.05) is 6.42 Å². The molecule has 1 aliphatic rings. The molecule has 0 aliphatic carbocycles. The van der Waals surface area contributed by atoms with Gasteiger partial charge in [0.2, 0.25) is 0 Å². The fraction of sp³-hybridized carbons (Fsp3) is 1.00. The molecule has 0 spiro atoms. The molecule has 0 bridgehead atoms. The minimum atomic E-state index is -3.02. The fourth-order valence-corrected chi connectivity index (χ4v) is 0.917. The Morgan fingerprint density at radius 3 is 2.90 bits per heavy atom. The Morgan fingerprint density at radius 2 is 2.20 bits per heavy atom. The van der Waals surface area contributed by atoms with Gasteiger partial charge in [-0.05, 0) is 12.8 Å². The third kappa shape index (κ3) is 2.19. The highest BCUT2D eigenvalue weighted by atomic mass is 19.3. The summed E-state index contributed by atoms with van der Waals surface area (Å²) in [6, 6.07) is 0. The van der Waals surface area contributed by atoms with Crippen LogP contribution in [-0.4, -0.2) is 23.9 Å². The van der Waals surface area contributed by atoms with Gasteiger partial charge in [0.15, 0.2) is 0 Å². The Bertz CT molecular complexity index is 116. The first-order valence-corrected chi connectivity index (χ1v) is 3.30. The van der Waals surface area contributed by atoms with Gasteiger partial charge in [0.05, 0.1) is 12.7 Å². The van der Waals surface area contributed by atoms with Crippen molar-refractivity contribution >= 4 is 0 Å². The van der Waals surface area contributed by atoms with Gasteiger partial charge in [-0.3, -0.25) is 0 Å². The maximum atomic E-state index is 12.3. The molecule has 0 aromatic carbocycles. The van der Waals surface area contributed by atoms with Crippen LogP contribution in [0.1, 0.15) is 19.3 Å². The van der Waals surface area contributed by atoms with Crippen molar-refractivity contribution in [1.82, 2.24) is 0 Å². The SMILES string of the molecule is OC1CCCC(F)(F)OC1. The van der Waals surface area contributed by atoms with Crippen molar-refractivity contribution in [3.05, 3.63) is 0 Å². The van der Waals surface area contributed by atoms with E-state index in [1.165, 1.54) is 0 Å². The largest absolute Gasteiger partial charge is 0.391 e. The molecular weight excluding hydrogens is 142 g/mol. The molecular formula is C6H10F2O2. The number of alkyl halides is 2. The van der Waals surface area contributed by atoms with Crippen molar-refractivity contribution in [2.75, 3.05) is 6.61 Å². The second-order valence-electron chi connectivity index (χ2n) is 2.49. The second kappa shape index (κ2) is 2.80. The summed E-state index contributed by atoms with van der Waals surface area (Å²) in [6.07, 6.45) is -3.26. The Balaban J connectivity index is 2.41. The molecule has 1 unspecified atom stereocenters. The summed E-state index contributed by atoms with van der Waals surface area (Å²) in [7, 11) is 0. The fourth-order valence-electron chi connectivity index (χ4n) is 0.917. The molecule has 0 aromatic heterocycles. The second-order valence-corrected chi connectivity index (χ2v) is 2.49. The zero-order valence-electron chi connectivity index (χ0n) is 5.52. The predicted octanol–water partition coefficient (Wildman–Crippen LogP) is 1.14. The summed E-state index contributed by atoms with van der Waals surface area (Å²) in [6.45, 7) is -0.243. The van der Waals surface area contributed by atoms with E-state index < -0.39 is 12.2 Å². The third-order valence-electron chi connectivity index (χ3n) is 1.49. The monoisotopic (exact) mass is 152 g/mol. The van der Waals surface area contributed by atoms with Gasteiger partial charge in [-0.25, -0.2) is 0 Å². The van der Waals surface area contributed by atoms with Gasteiger partial charge in [0.1, 0.15) is 0 Å². The maximum Gasteiger partial charge on any atom is 0.355 e. The van der Waals surface area contributed by atoms with E-state index in [1.54, 1.807) is 0 Å². The van der Waals surface area contributed by atoms with Crippen molar-refractivity contribution in [3.8, 4) is 0 Å². The first-order chi connectivity index (χ1) is 4.60. The predicted molar refractivity (Wildman–Crippen MR) is 30.8 cm³/mol. The van der Waals surface area contributed by atoms with Gasteiger partial charge in [0.25, 0.3) is 0 Å². The number of halogens is 2. The lowest BCUT2D eigenvalue weighted by molar-refractivity contribution is -0.243. The molecule has 1 rings (SSSR count). The smallest absolute Gasteiger partial charge is 0.355 e. The summed E-state index contributed by atoms with van der Waals surface area (Å²) < 4.78 is 28.7.